The van der Waals surface area contributed by atoms with Gasteiger partial charge in [0, 0.05) is 18.7 Å². The van der Waals surface area contributed by atoms with Gasteiger partial charge in [-0.3, -0.25) is 4.79 Å². The molecule has 140 valence electrons. The summed E-state index contributed by atoms with van der Waals surface area (Å²) in [5.74, 6) is -0.0381. The van der Waals surface area contributed by atoms with Crippen molar-refractivity contribution in [3.63, 3.8) is 0 Å². The minimum atomic E-state index is -3.74. The number of carbonyl (C=O) groups is 1. The van der Waals surface area contributed by atoms with Crippen LogP contribution in [0.3, 0.4) is 0 Å². The summed E-state index contributed by atoms with van der Waals surface area (Å²) >= 11 is 0. The highest BCUT2D eigenvalue weighted by atomic mass is 32.2. The maximum Gasteiger partial charge on any atom is 0.254 e. The summed E-state index contributed by atoms with van der Waals surface area (Å²) in [7, 11) is -1.03. The minimum absolute atomic E-state index is 0.0553. The lowest BCUT2D eigenvalue weighted by atomic mass is 10.1. The van der Waals surface area contributed by atoms with E-state index in [1.54, 1.807) is 11.0 Å². The van der Waals surface area contributed by atoms with Gasteiger partial charge in [-0.25, -0.2) is 13.1 Å². The number of nitrogens with zero attached hydrogens (tertiary/aromatic N) is 1. The molecule has 0 bridgehead atoms. The van der Waals surface area contributed by atoms with E-state index in [1.807, 2.05) is 38.1 Å². The van der Waals surface area contributed by atoms with Crippen LogP contribution in [0, 0.1) is 6.92 Å². The van der Waals surface area contributed by atoms with Crippen molar-refractivity contribution in [3.05, 3.63) is 59.2 Å². The summed E-state index contributed by atoms with van der Waals surface area (Å²) in [4.78, 5) is 14.6. The van der Waals surface area contributed by atoms with E-state index in [2.05, 4.69) is 4.72 Å². The predicted molar refractivity (Wildman–Crippen MR) is 101 cm³/mol. The maximum absolute atomic E-state index is 12.9. The molecule has 2 aromatic carbocycles. The molecule has 0 aromatic heterocycles. The van der Waals surface area contributed by atoms with Crippen molar-refractivity contribution in [2.45, 2.75) is 25.3 Å². The first-order valence-corrected chi connectivity index (χ1v) is 9.77. The van der Waals surface area contributed by atoms with Crippen LogP contribution in [0.4, 0.5) is 0 Å². The van der Waals surface area contributed by atoms with Crippen LogP contribution >= 0.6 is 0 Å². The Morgan fingerprint density at radius 2 is 1.88 bits per heavy atom. The Morgan fingerprint density at radius 3 is 2.46 bits per heavy atom. The van der Waals surface area contributed by atoms with Crippen LogP contribution in [0.1, 0.15) is 28.4 Å². The van der Waals surface area contributed by atoms with Gasteiger partial charge < -0.3 is 9.64 Å². The summed E-state index contributed by atoms with van der Waals surface area (Å²) in [6.07, 6.45) is 0. The highest BCUT2D eigenvalue weighted by Crippen LogP contribution is 2.25. The Labute approximate surface area is 154 Å². The number of amides is 1. The number of ether oxygens (including phenoxy) is 1. The van der Waals surface area contributed by atoms with E-state index in [9.17, 15) is 13.2 Å². The number of methoxy groups -OCH3 is 1. The molecule has 1 amide bonds. The molecule has 0 unspecified atom stereocenters. The second-order valence-corrected chi connectivity index (χ2v) is 7.67. The van der Waals surface area contributed by atoms with E-state index in [-0.39, 0.29) is 16.6 Å². The molecule has 0 radical (unpaired) electrons. The summed E-state index contributed by atoms with van der Waals surface area (Å²) < 4.78 is 31.8. The third kappa shape index (κ3) is 4.23. The van der Waals surface area contributed by atoms with Crippen LogP contribution in [-0.4, -0.2) is 39.9 Å². The molecule has 0 saturated carbocycles. The van der Waals surface area contributed by atoms with E-state index in [0.717, 1.165) is 11.1 Å². The first-order valence-electron chi connectivity index (χ1n) is 8.29. The second kappa shape index (κ2) is 8.33. The highest BCUT2D eigenvalue weighted by Gasteiger charge is 2.22. The molecule has 0 fully saturated rings. The number of benzene rings is 2. The topological polar surface area (TPSA) is 75.7 Å². The lowest BCUT2D eigenvalue weighted by Crippen LogP contribution is -2.31. The van der Waals surface area contributed by atoms with Crippen LogP contribution in [0.25, 0.3) is 0 Å². The van der Waals surface area contributed by atoms with Crippen LogP contribution in [-0.2, 0) is 16.6 Å². The van der Waals surface area contributed by atoms with Crippen LogP contribution < -0.4 is 9.46 Å². The number of carbonyl (C=O) groups excluding carboxylic acids is 1. The van der Waals surface area contributed by atoms with Crippen molar-refractivity contribution in [1.82, 2.24) is 9.62 Å². The van der Waals surface area contributed by atoms with E-state index in [0.29, 0.717) is 18.7 Å². The third-order valence-electron chi connectivity index (χ3n) is 4.26. The van der Waals surface area contributed by atoms with Gasteiger partial charge in [0.25, 0.3) is 5.91 Å². The molecule has 0 spiro atoms. The molecule has 0 aliphatic heterocycles. The molecular weight excluding hydrogens is 352 g/mol. The molecule has 0 aliphatic rings. The van der Waals surface area contributed by atoms with Crippen molar-refractivity contribution in [2.75, 3.05) is 20.7 Å². The molecule has 26 heavy (non-hydrogen) atoms. The normalized spacial score (nSPS) is 11.2. The fourth-order valence-corrected chi connectivity index (χ4v) is 3.55. The molecule has 0 aliphatic carbocycles. The molecule has 2 aromatic rings. The first kappa shape index (κ1) is 19.9. The Kier molecular flexibility index (Phi) is 6.39. The van der Waals surface area contributed by atoms with Gasteiger partial charge in [0.05, 0.1) is 7.11 Å². The van der Waals surface area contributed by atoms with E-state index in [4.69, 9.17) is 4.74 Å². The van der Waals surface area contributed by atoms with Crippen LogP contribution in [0.15, 0.2) is 47.4 Å². The number of hydrogen-bond donors (Lipinski definition) is 1. The number of rotatable bonds is 7. The van der Waals surface area contributed by atoms with Gasteiger partial charge in [-0.1, -0.05) is 24.3 Å². The SMILES string of the molecule is CCN(Cc1ccccc1C)C(=O)c1ccc(OC)c(S(=O)(=O)NC)c1. The molecule has 1 N–H and O–H groups in total. The van der Waals surface area contributed by atoms with Crippen molar-refractivity contribution >= 4 is 15.9 Å². The van der Waals surface area contributed by atoms with Crippen molar-refractivity contribution in [2.24, 2.45) is 0 Å². The zero-order valence-electron chi connectivity index (χ0n) is 15.4. The molecule has 6 nitrogen and oxygen atoms in total. The summed E-state index contributed by atoms with van der Waals surface area (Å²) in [6.45, 7) is 4.86. The number of hydrogen-bond acceptors (Lipinski definition) is 4. The monoisotopic (exact) mass is 376 g/mol. The van der Waals surface area contributed by atoms with Gasteiger partial charge in [0.2, 0.25) is 10.0 Å². The van der Waals surface area contributed by atoms with Crippen LogP contribution in [0.2, 0.25) is 0 Å². The number of sulfonamides is 1. The number of aryl methyl sites for hydroxylation is 1. The molecular formula is C19H24N2O4S. The average molecular weight is 376 g/mol. The Morgan fingerprint density at radius 1 is 1.19 bits per heavy atom. The van der Waals surface area contributed by atoms with Crippen LogP contribution in [0.5, 0.6) is 5.75 Å². The van der Waals surface area contributed by atoms with Crippen molar-refractivity contribution in [3.8, 4) is 5.75 Å². The summed E-state index contributed by atoms with van der Waals surface area (Å²) in [5, 5.41) is 0. The van der Waals surface area contributed by atoms with Gasteiger partial charge in [-0.2, -0.15) is 0 Å². The molecule has 2 rings (SSSR count). The third-order valence-corrected chi connectivity index (χ3v) is 5.70. The van der Waals surface area contributed by atoms with Gasteiger partial charge >= 0.3 is 0 Å². The summed E-state index contributed by atoms with van der Waals surface area (Å²) in [5.41, 5.74) is 2.46. The summed E-state index contributed by atoms with van der Waals surface area (Å²) in [6, 6.07) is 12.3. The van der Waals surface area contributed by atoms with Gasteiger partial charge in [0.15, 0.2) is 0 Å². The second-order valence-electron chi connectivity index (χ2n) is 5.82. The fourth-order valence-electron chi connectivity index (χ4n) is 2.63. The van der Waals surface area contributed by atoms with E-state index < -0.39 is 10.0 Å². The Hall–Kier alpha value is -2.38. The highest BCUT2D eigenvalue weighted by molar-refractivity contribution is 7.89. The molecule has 7 heteroatoms. The quantitative estimate of drug-likeness (QED) is 0.806. The molecule has 0 heterocycles. The minimum Gasteiger partial charge on any atom is -0.495 e. The smallest absolute Gasteiger partial charge is 0.254 e. The van der Waals surface area contributed by atoms with Crippen molar-refractivity contribution in [1.29, 1.82) is 0 Å². The lowest BCUT2D eigenvalue weighted by molar-refractivity contribution is 0.0752. The van der Waals surface area contributed by atoms with Gasteiger partial charge in [-0.15, -0.1) is 0 Å². The lowest BCUT2D eigenvalue weighted by Gasteiger charge is -2.22. The molecule has 0 atom stereocenters. The Balaban J connectivity index is 2.38. The Bertz CT molecular complexity index is 894. The average Bonchev–Trinajstić information content (AvgIpc) is 2.66. The van der Waals surface area contributed by atoms with Gasteiger partial charge in [0.1, 0.15) is 10.6 Å². The maximum atomic E-state index is 12.9. The fraction of sp³-hybridized carbons (Fsp3) is 0.316. The predicted octanol–water partition coefficient (Wildman–Crippen LogP) is 2.57. The van der Waals surface area contributed by atoms with Gasteiger partial charge in [-0.05, 0) is 50.2 Å². The number of nitrogens with one attached hydrogen (secondary N) is 1. The van der Waals surface area contributed by atoms with Crippen molar-refractivity contribution < 1.29 is 17.9 Å². The first-order chi connectivity index (χ1) is 12.3. The van der Waals surface area contributed by atoms with E-state index in [1.165, 1.54) is 26.3 Å². The largest absolute Gasteiger partial charge is 0.495 e. The zero-order chi connectivity index (χ0) is 19.3. The van der Waals surface area contributed by atoms with E-state index >= 15 is 0 Å². The zero-order valence-corrected chi connectivity index (χ0v) is 16.3. The standard InChI is InChI=1S/C19H24N2O4S/c1-5-21(13-16-9-7-6-8-14(16)2)19(22)15-10-11-17(25-4)18(12-15)26(23,24)20-3/h6-12,20H,5,13H2,1-4H3. The molecule has 0 saturated heterocycles.